The van der Waals surface area contributed by atoms with Gasteiger partial charge in [-0.15, -0.1) is 0 Å². The second-order valence-electron chi connectivity index (χ2n) is 8.06. The smallest absolute Gasteiger partial charge is 0.311 e. The Bertz CT molecular complexity index is 1010. The van der Waals surface area contributed by atoms with Crippen LogP contribution in [-0.2, 0) is 4.74 Å². The van der Waals surface area contributed by atoms with Crippen molar-refractivity contribution in [2.75, 3.05) is 81.1 Å². The number of pyridine rings is 1. The van der Waals surface area contributed by atoms with Crippen molar-refractivity contribution in [1.82, 2.24) is 14.8 Å². The van der Waals surface area contributed by atoms with Crippen molar-refractivity contribution in [3.05, 3.63) is 52.3 Å². The number of morpholine rings is 1. The highest BCUT2D eigenvalue weighted by molar-refractivity contribution is 7.80. The number of halogens is 1. The summed E-state index contributed by atoms with van der Waals surface area (Å²) in [6.07, 6.45) is 0. The van der Waals surface area contributed by atoms with Crippen LogP contribution in [0.15, 0.2) is 36.4 Å². The zero-order valence-electron chi connectivity index (χ0n) is 18.8. The average Bonchev–Trinajstić information content (AvgIpc) is 2.86. The second kappa shape index (κ2) is 11.4. The minimum atomic E-state index is -0.418. The molecule has 1 aromatic heterocycles. The SMILES string of the molecule is O=[N+]([O-])c1ccc(N2CCN(C(=S)Nc3ccccc3F)CC2)nc1NCCN1CCOCC1. The number of anilines is 3. The lowest BCUT2D eigenvalue weighted by Crippen LogP contribution is -2.50. The summed E-state index contributed by atoms with van der Waals surface area (Å²) in [5.74, 6) is 0.592. The molecule has 1 aromatic carbocycles. The van der Waals surface area contributed by atoms with Gasteiger partial charge in [-0.2, -0.15) is 0 Å². The fourth-order valence-electron chi connectivity index (χ4n) is 3.95. The number of benzene rings is 1. The number of nitrogens with one attached hydrogen (secondary N) is 2. The van der Waals surface area contributed by atoms with E-state index >= 15 is 0 Å². The summed E-state index contributed by atoms with van der Waals surface area (Å²) in [7, 11) is 0. The van der Waals surface area contributed by atoms with Crippen LogP contribution in [0, 0.1) is 15.9 Å². The van der Waals surface area contributed by atoms with Gasteiger partial charge in [0.25, 0.3) is 0 Å². The van der Waals surface area contributed by atoms with Gasteiger partial charge < -0.3 is 25.2 Å². The Hall–Kier alpha value is -3.09. The van der Waals surface area contributed by atoms with Gasteiger partial charge in [-0.25, -0.2) is 9.37 Å². The lowest BCUT2D eigenvalue weighted by Gasteiger charge is -2.36. The predicted octanol–water partition coefficient (Wildman–Crippen LogP) is 2.39. The summed E-state index contributed by atoms with van der Waals surface area (Å²) in [6.45, 7) is 6.97. The molecule has 2 saturated heterocycles. The van der Waals surface area contributed by atoms with Crippen molar-refractivity contribution in [1.29, 1.82) is 0 Å². The molecule has 34 heavy (non-hydrogen) atoms. The molecule has 12 heteroatoms. The number of rotatable bonds is 7. The Kier molecular flexibility index (Phi) is 8.03. The van der Waals surface area contributed by atoms with Gasteiger partial charge in [0.1, 0.15) is 11.6 Å². The van der Waals surface area contributed by atoms with E-state index in [2.05, 4.69) is 25.4 Å². The summed E-state index contributed by atoms with van der Waals surface area (Å²) in [6, 6.07) is 9.58. The monoisotopic (exact) mass is 489 g/mol. The highest BCUT2D eigenvalue weighted by Crippen LogP contribution is 2.26. The van der Waals surface area contributed by atoms with Crippen molar-refractivity contribution in [3.63, 3.8) is 0 Å². The highest BCUT2D eigenvalue weighted by atomic mass is 32.1. The van der Waals surface area contributed by atoms with Gasteiger partial charge in [-0.05, 0) is 30.4 Å². The molecule has 2 N–H and O–H groups in total. The third-order valence-corrected chi connectivity index (χ3v) is 6.25. The molecule has 2 aromatic rings. The van der Waals surface area contributed by atoms with Gasteiger partial charge >= 0.3 is 5.69 Å². The zero-order valence-corrected chi connectivity index (χ0v) is 19.6. The number of hydrogen-bond acceptors (Lipinski definition) is 8. The molecule has 0 unspecified atom stereocenters. The quantitative estimate of drug-likeness (QED) is 0.343. The van der Waals surface area contributed by atoms with Crippen molar-refractivity contribution >= 4 is 40.3 Å². The molecule has 2 aliphatic heterocycles. The number of hydrogen-bond donors (Lipinski definition) is 2. The summed E-state index contributed by atoms with van der Waals surface area (Å²) in [4.78, 5) is 21.9. The van der Waals surface area contributed by atoms with E-state index in [0.29, 0.717) is 62.6 Å². The summed E-state index contributed by atoms with van der Waals surface area (Å²) >= 11 is 5.46. The van der Waals surface area contributed by atoms with Crippen LogP contribution >= 0.6 is 12.2 Å². The number of nitrogens with zero attached hydrogens (tertiary/aromatic N) is 5. The topological polar surface area (TPSA) is 99.0 Å². The lowest BCUT2D eigenvalue weighted by molar-refractivity contribution is -0.384. The maximum atomic E-state index is 13.9. The second-order valence-corrected chi connectivity index (χ2v) is 8.45. The molecule has 2 fully saturated rings. The summed E-state index contributed by atoms with van der Waals surface area (Å²) < 4.78 is 19.3. The molecule has 0 radical (unpaired) electrons. The molecule has 0 aliphatic carbocycles. The van der Waals surface area contributed by atoms with Gasteiger partial charge in [-0.1, -0.05) is 12.1 Å². The molecular weight excluding hydrogens is 461 g/mol. The predicted molar refractivity (Wildman–Crippen MR) is 133 cm³/mol. The third kappa shape index (κ3) is 6.07. The minimum absolute atomic E-state index is 0.0420. The normalized spacial score (nSPS) is 16.9. The van der Waals surface area contributed by atoms with Crippen molar-refractivity contribution in [2.24, 2.45) is 0 Å². The molecule has 0 spiro atoms. The van der Waals surface area contributed by atoms with Crippen LogP contribution in [0.4, 0.5) is 27.4 Å². The fourth-order valence-corrected chi connectivity index (χ4v) is 4.24. The third-order valence-electron chi connectivity index (χ3n) is 5.89. The van der Waals surface area contributed by atoms with Crippen LogP contribution < -0.4 is 15.5 Å². The molecule has 0 saturated carbocycles. The number of piperazine rings is 1. The van der Waals surface area contributed by atoms with Crippen molar-refractivity contribution < 1.29 is 14.1 Å². The first kappa shape index (κ1) is 24.0. The van der Waals surface area contributed by atoms with Crippen LogP contribution in [0.1, 0.15) is 0 Å². The summed E-state index contributed by atoms with van der Waals surface area (Å²) in [5.41, 5.74) is 0.305. The number of ether oxygens (including phenoxy) is 1. The zero-order chi connectivity index (χ0) is 23.9. The molecule has 0 amide bonds. The lowest BCUT2D eigenvalue weighted by atomic mass is 10.3. The molecule has 3 heterocycles. The van der Waals surface area contributed by atoms with E-state index in [1.807, 2.05) is 4.90 Å². The van der Waals surface area contributed by atoms with Gasteiger partial charge in [0, 0.05) is 58.4 Å². The first-order chi connectivity index (χ1) is 16.5. The molecule has 0 bridgehead atoms. The van der Waals surface area contributed by atoms with E-state index < -0.39 is 4.92 Å². The van der Waals surface area contributed by atoms with Crippen molar-refractivity contribution in [2.45, 2.75) is 0 Å². The van der Waals surface area contributed by atoms with Crippen molar-refractivity contribution in [3.8, 4) is 0 Å². The van der Waals surface area contributed by atoms with Crippen LogP contribution in [-0.4, -0.2) is 90.4 Å². The number of nitro groups is 1. The summed E-state index contributed by atoms with van der Waals surface area (Å²) in [5, 5.41) is 18.1. The van der Waals surface area contributed by atoms with E-state index in [1.165, 1.54) is 12.1 Å². The number of thiocarbonyl (C=S) groups is 1. The Morgan fingerprint density at radius 3 is 2.56 bits per heavy atom. The first-order valence-electron chi connectivity index (χ1n) is 11.3. The molecule has 0 atom stereocenters. The molecule has 4 rings (SSSR count). The number of aromatic nitrogens is 1. The van der Waals surface area contributed by atoms with Crippen LogP contribution in [0.2, 0.25) is 0 Å². The number of para-hydroxylation sites is 1. The van der Waals surface area contributed by atoms with Gasteiger partial charge in [0.05, 0.1) is 23.8 Å². The van der Waals surface area contributed by atoms with E-state index in [1.54, 1.807) is 24.3 Å². The molecular formula is C22H28FN7O3S. The van der Waals surface area contributed by atoms with Gasteiger partial charge in [0.15, 0.2) is 5.11 Å². The molecule has 10 nitrogen and oxygen atoms in total. The van der Waals surface area contributed by atoms with E-state index in [-0.39, 0.29) is 17.3 Å². The van der Waals surface area contributed by atoms with Gasteiger partial charge in [-0.3, -0.25) is 15.0 Å². The Balaban J connectivity index is 1.34. The van der Waals surface area contributed by atoms with Crippen LogP contribution in [0.5, 0.6) is 0 Å². The maximum Gasteiger partial charge on any atom is 0.311 e. The standard InChI is InChI=1S/C22H28FN7O3S/c23-17-3-1-2-4-18(17)25-22(34)29-11-9-28(10-12-29)20-6-5-19(30(31)32)21(26-20)24-7-8-27-13-15-33-16-14-27/h1-6H,7-16H2,(H,24,26)(H,25,34). The average molecular weight is 490 g/mol. The molecule has 182 valence electrons. The van der Waals surface area contributed by atoms with Crippen LogP contribution in [0.3, 0.4) is 0 Å². The Labute approximate surface area is 202 Å². The van der Waals surface area contributed by atoms with E-state index in [0.717, 1.165) is 19.6 Å². The van der Waals surface area contributed by atoms with Crippen LogP contribution in [0.25, 0.3) is 0 Å². The largest absolute Gasteiger partial charge is 0.379 e. The van der Waals surface area contributed by atoms with E-state index in [9.17, 15) is 14.5 Å². The van der Waals surface area contributed by atoms with Gasteiger partial charge in [0.2, 0.25) is 5.82 Å². The highest BCUT2D eigenvalue weighted by Gasteiger charge is 2.23. The first-order valence-corrected chi connectivity index (χ1v) is 11.7. The maximum absolute atomic E-state index is 13.9. The Morgan fingerprint density at radius 1 is 1.12 bits per heavy atom. The molecule has 2 aliphatic rings. The minimum Gasteiger partial charge on any atom is -0.379 e. The Morgan fingerprint density at radius 2 is 1.85 bits per heavy atom. The van der Waals surface area contributed by atoms with E-state index in [4.69, 9.17) is 17.0 Å². The fraction of sp³-hybridized carbons (Fsp3) is 0.455.